The first-order valence-corrected chi connectivity index (χ1v) is 6.21. The summed E-state index contributed by atoms with van der Waals surface area (Å²) in [5.74, 6) is 0.194. The molecule has 2 aromatic rings. The summed E-state index contributed by atoms with van der Waals surface area (Å²) >= 11 is 0. The molecule has 1 atom stereocenters. The largest absolute Gasteiger partial charge is 0.493 e. The van der Waals surface area contributed by atoms with E-state index >= 15 is 0 Å². The number of ether oxygens (including phenoxy) is 1. The van der Waals surface area contributed by atoms with Gasteiger partial charge in [0.2, 0.25) is 0 Å². The number of nitrogens with zero attached hydrogens (tertiary/aromatic N) is 2. The minimum atomic E-state index is -0.319. The van der Waals surface area contributed by atoms with Gasteiger partial charge in [-0.2, -0.15) is 5.10 Å². The van der Waals surface area contributed by atoms with E-state index in [1.165, 1.54) is 12.1 Å². The summed E-state index contributed by atoms with van der Waals surface area (Å²) in [6.45, 7) is 2.32. The van der Waals surface area contributed by atoms with E-state index in [4.69, 9.17) is 10.5 Å². The molecule has 1 aromatic heterocycles. The van der Waals surface area contributed by atoms with Crippen molar-refractivity contribution >= 4 is 0 Å². The summed E-state index contributed by atoms with van der Waals surface area (Å²) in [5.41, 5.74) is 7.73. The van der Waals surface area contributed by atoms with Gasteiger partial charge in [0.15, 0.2) is 0 Å². The molecule has 1 aromatic carbocycles. The van der Waals surface area contributed by atoms with E-state index in [-0.39, 0.29) is 11.9 Å². The van der Waals surface area contributed by atoms with Gasteiger partial charge in [-0.15, -0.1) is 0 Å². The lowest BCUT2D eigenvalue weighted by molar-refractivity contribution is 0.315. The van der Waals surface area contributed by atoms with E-state index in [0.717, 1.165) is 17.5 Å². The molecule has 2 N–H and O–H groups in total. The normalized spacial score (nSPS) is 12.4. The predicted octanol–water partition coefficient (Wildman–Crippen LogP) is 2.20. The molecule has 0 radical (unpaired) electrons. The molecular weight excluding hydrogens is 245 g/mol. The Morgan fingerprint density at radius 1 is 1.47 bits per heavy atom. The predicted molar refractivity (Wildman–Crippen MR) is 71.4 cm³/mol. The van der Waals surface area contributed by atoms with Crippen molar-refractivity contribution in [1.29, 1.82) is 0 Å². The van der Waals surface area contributed by atoms with Crippen LogP contribution in [0.25, 0.3) is 0 Å². The van der Waals surface area contributed by atoms with Crippen LogP contribution in [0.1, 0.15) is 24.1 Å². The van der Waals surface area contributed by atoms with E-state index in [9.17, 15) is 4.39 Å². The SMILES string of the molecule is C[C@@H](N)c1ccc(F)cc1OCCc1cnn(C)c1. The van der Waals surface area contributed by atoms with Gasteiger partial charge in [-0.05, 0) is 18.6 Å². The van der Waals surface area contributed by atoms with E-state index < -0.39 is 0 Å². The minimum Gasteiger partial charge on any atom is -0.493 e. The molecule has 102 valence electrons. The summed E-state index contributed by atoms with van der Waals surface area (Å²) in [6.07, 6.45) is 4.45. The van der Waals surface area contributed by atoms with Gasteiger partial charge in [-0.1, -0.05) is 6.07 Å². The molecular formula is C14H18FN3O. The summed E-state index contributed by atoms with van der Waals surface area (Å²) in [4.78, 5) is 0. The molecule has 0 aliphatic carbocycles. The summed E-state index contributed by atoms with van der Waals surface area (Å²) in [5, 5.41) is 4.08. The lowest BCUT2D eigenvalue weighted by atomic mass is 10.1. The van der Waals surface area contributed by atoms with Crippen LogP contribution in [0.15, 0.2) is 30.6 Å². The molecule has 19 heavy (non-hydrogen) atoms. The number of aryl methyl sites for hydroxylation is 1. The highest BCUT2D eigenvalue weighted by molar-refractivity contribution is 5.36. The number of halogens is 1. The molecule has 0 bridgehead atoms. The molecule has 0 saturated carbocycles. The molecule has 1 heterocycles. The summed E-state index contributed by atoms with van der Waals surface area (Å²) < 4.78 is 20.6. The van der Waals surface area contributed by atoms with E-state index in [0.29, 0.717) is 12.4 Å². The van der Waals surface area contributed by atoms with Gasteiger partial charge in [0.1, 0.15) is 11.6 Å². The number of hydrogen-bond donors (Lipinski definition) is 1. The van der Waals surface area contributed by atoms with Gasteiger partial charge in [-0.3, -0.25) is 4.68 Å². The zero-order valence-electron chi connectivity index (χ0n) is 11.1. The monoisotopic (exact) mass is 263 g/mol. The molecule has 4 nitrogen and oxygen atoms in total. The highest BCUT2D eigenvalue weighted by Crippen LogP contribution is 2.24. The molecule has 0 fully saturated rings. The topological polar surface area (TPSA) is 53.1 Å². The van der Waals surface area contributed by atoms with Crippen LogP contribution in [-0.2, 0) is 13.5 Å². The van der Waals surface area contributed by atoms with Crippen molar-refractivity contribution in [2.24, 2.45) is 12.8 Å². The fourth-order valence-electron chi connectivity index (χ4n) is 1.89. The maximum Gasteiger partial charge on any atom is 0.126 e. The van der Waals surface area contributed by atoms with E-state index in [1.807, 2.05) is 20.2 Å². The van der Waals surface area contributed by atoms with E-state index in [2.05, 4.69) is 5.10 Å². The zero-order chi connectivity index (χ0) is 13.8. The third kappa shape index (κ3) is 3.54. The molecule has 0 aliphatic heterocycles. The Kier molecular flexibility index (Phi) is 4.16. The van der Waals surface area contributed by atoms with Crippen LogP contribution in [0, 0.1) is 5.82 Å². The Balaban J connectivity index is 2.00. The van der Waals surface area contributed by atoms with Crippen molar-refractivity contribution < 1.29 is 9.13 Å². The van der Waals surface area contributed by atoms with Crippen LogP contribution >= 0.6 is 0 Å². The number of aromatic nitrogens is 2. The molecule has 2 rings (SSSR count). The van der Waals surface area contributed by atoms with Gasteiger partial charge in [0.25, 0.3) is 0 Å². The first kappa shape index (κ1) is 13.5. The molecule has 0 saturated heterocycles. The number of benzene rings is 1. The van der Waals surface area contributed by atoms with Gasteiger partial charge in [0.05, 0.1) is 12.8 Å². The van der Waals surface area contributed by atoms with Crippen LogP contribution in [-0.4, -0.2) is 16.4 Å². The number of nitrogens with two attached hydrogens (primary N) is 1. The Hall–Kier alpha value is -1.88. The lowest BCUT2D eigenvalue weighted by Crippen LogP contribution is -2.09. The summed E-state index contributed by atoms with van der Waals surface area (Å²) in [7, 11) is 1.87. The first-order chi connectivity index (χ1) is 9.06. The smallest absolute Gasteiger partial charge is 0.126 e. The van der Waals surface area contributed by atoms with Crippen molar-refractivity contribution in [3.63, 3.8) is 0 Å². The average Bonchev–Trinajstić information content (AvgIpc) is 2.75. The van der Waals surface area contributed by atoms with Crippen LogP contribution in [0.5, 0.6) is 5.75 Å². The average molecular weight is 263 g/mol. The molecule has 0 aliphatic rings. The van der Waals surface area contributed by atoms with Crippen molar-refractivity contribution in [1.82, 2.24) is 9.78 Å². The van der Waals surface area contributed by atoms with Crippen molar-refractivity contribution in [2.75, 3.05) is 6.61 Å². The fourth-order valence-corrected chi connectivity index (χ4v) is 1.89. The molecule has 5 heteroatoms. The van der Waals surface area contributed by atoms with Gasteiger partial charge >= 0.3 is 0 Å². The fraction of sp³-hybridized carbons (Fsp3) is 0.357. The maximum atomic E-state index is 13.2. The van der Waals surface area contributed by atoms with Crippen molar-refractivity contribution in [2.45, 2.75) is 19.4 Å². The second-order valence-corrected chi connectivity index (χ2v) is 4.59. The third-order valence-electron chi connectivity index (χ3n) is 2.87. The number of rotatable bonds is 5. The van der Waals surface area contributed by atoms with Crippen LogP contribution in [0.2, 0.25) is 0 Å². The van der Waals surface area contributed by atoms with Crippen LogP contribution in [0.3, 0.4) is 0 Å². The third-order valence-corrected chi connectivity index (χ3v) is 2.87. The van der Waals surface area contributed by atoms with Crippen molar-refractivity contribution in [3.05, 3.63) is 47.5 Å². The Morgan fingerprint density at radius 2 is 2.26 bits per heavy atom. The van der Waals surface area contributed by atoms with Gasteiger partial charge < -0.3 is 10.5 Å². The highest BCUT2D eigenvalue weighted by atomic mass is 19.1. The quantitative estimate of drug-likeness (QED) is 0.899. The maximum absolute atomic E-state index is 13.2. The Morgan fingerprint density at radius 3 is 2.89 bits per heavy atom. The minimum absolute atomic E-state index is 0.186. The van der Waals surface area contributed by atoms with E-state index in [1.54, 1.807) is 16.9 Å². The molecule has 0 unspecified atom stereocenters. The Bertz CT molecular complexity index is 551. The standard InChI is InChI=1S/C14H18FN3O/c1-10(16)13-4-3-12(15)7-14(13)19-6-5-11-8-17-18(2)9-11/h3-4,7-10H,5-6,16H2,1-2H3/t10-/m1/s1. The van der Waals surface area contributed by atoms with Gasteiger partial charge in [-0.25, -0.2) is 4.39 Å². The molecule has 0 spiro atoms. The van der Waals surface area contributed by atoms with Crippen LogP contribution < -0.4 is 10.5 Å². The second kappa shape index (κ2) is 5.84. The molecule has 0 amide bonds. The van der Waals surface area contributed by atoms with Gasteiger partial charge in [0, 0.05) is 37.3 Å². The zero-order valence-corrected chi connectivity index (χ0v) is 11.1. The van der Waals surface area contributed by atoms with Crippen molar-refractivity contribution in [3.8, 4) is 5.75 Å². The highest BCUT2D eigenvalue weighted by Gasteiger charge is 2.09. The Labute approximate surface area is 112 Å². The number of hydrogen-bond acceptors (Lipinski definition) is 3. The first-order valence-electron chi connectivity index (χ1n) is 6.21. The lowest BCUT2D eigenvalue weighted by Gasteiger charge is -2.13. The summed E-state index contributed by atoms with van der Waals surface area (Å²) in [6, 6.07) is 4.25. The van der Waals surface area contributed by atoms with Crippen LogP contribution in [0.4, 0.5) is 4.39 Å². The second-order valence-electron chi connectivity index (χ2n) is 4.59.